The number of hydrogen-bond acceptors (Lipinski definition) is 5. The molecule has 2 aromatic heterocycles. The molecule has 0 saturated heterocycles. The predicted octanol–water partition coefficient (Wildman–Crippen LogP) is 2.93. The zero-order chi connectivity index (χ0) is 14.8. The number of aliphatic carboxylic acids is 1. The summed E-state index contributed by atoms with van der Waals surface area (Å²) in [5, 5.41) is 13.5. The maximum Gasteiger partial charge on any atom is 0.312 e. The molecule has 3 N–H and O–H groups in total. The molecule has 112 valence electrons. The molecule has 1 aliphatic rings. The number of nitrogens with one attached hydrogen (secondary N) is 2. The van der Waals surface area contributed by atoms with Crippen molar-refractivity contribution in [1.29, 1.82) is 0 Å². The number of carboxylic acid groups (broad SMARTS) is 1. The number of carboxylic acids is 1. The van der Waals surface area contributed by atoms with Crippen molar-refractivity contribution in [3.05, 3.63) is 28.8 Å². The molecule has 2 atom stereocenters. The van der Waals surface area contributed by atoms with Gasteiger partial charge in [-0.1, -0.05) is 6.92 Å². The van der Waals surface area contributed by atoms with Gasteiger partial charge in [0.15, 0.2) is 5.13 Å². The Labute approximate surface area is 126 Å². The molecule has 0 spiro atoms. The van der Waals surface area contributed by atoms with E-state index in [0.29, 0.717) is 6.42 Å². The van der Waals surface area contributed by atoms with Crippen molar-refractivity contribution < 1.29 is 9.90 Å². The van der Waals surface area contributed by atoms with Gasteiger partial charge in [0, 0.05) is 17.3 Å². The highest BCUT2D eigenvalue weighted by molar-refractivity contribution is 7.15. The molecule has 3 rings (SSSR count). The van der Waals surface area contributed by atoms with Gasteiger partial charge in [0.05, 0.1) is 11.7 Å². The zero-order valence-electron chi connectivity index (χ0n) is 11.8. The molecule has 1 aliphatic carbocycles. The SMILES string of the molecule is CCC(Nc1nc2c(s1)CCCC2C(=O)O)c1ncc[nH]1. The van der Waals surface area contributed by atoms with Gasteiger partial charge in [0.2, 0.25) is 0 Å². The maximum absolute atomic E-state index is 11.3. The molecule has 2 heterocycles. The van der Waals surface area contributed by atoms with Crippen LogP contribution in [0.4, 0.5) is 5.13 Å². The fourth-order valence-electron chi connectivity index (χ4n) is 2.70. The molecule has 7 heteroatoms. The van der Waals surface area contributed by atoms with Crippen molar-refractivity contribution in [1.82, 2.24) is 15.0 Å². The average Bonchev–Trinajstić information content (AvgIpc) is 3.12. The lowest BCUT2D eigenvalue weighted by Crippen LogP contribution is -2.17. The first kappa shape index (κ1) is 14.1. The number of anilines is 1. The normalized spacial score (nSPS) is 19.0. The van der Waals surface area contributed by atoms with Crippen LogP contribution in [0.5, 0.6) is 0 Å². The Bertz CT molecular complexity index is 623. The monoisotopic (exact) mass is 306 g/mol. The second-order valence-corrected chi connectivity index (χ2v) is 6.27. The van der Waals surface area contributed by atoms with Crippen LogP contribution in [-0.2, 0) is 11.2 Å². The molecular weight excluding hydrogens is 288 g/mol. The lowest BCUT2D eigenvalue weighted by molar-refractivity contribution is -0.139. The molecule has 0 bridgehead atoms. The van der Waals surface area contributed by atoms with E-state index in [2.05, 4.69) is 27.2 Å². The van der Waals surface area contributed by atoms with Crippen LogP contribution in [0.15, 0.2) is 12.4 Å². The van der Waals surface area contributed by atoms with Crippen LogP contribution in [0.3, 0.4) is 0 Å². The summed E-state index contributed by atoms with van der Waals surface area (Å²) in [5.74, 6) is -0.351. The number of aromatic nitrogens is 3. The van der Waals surface area contributed by atoms with Gasteiger partial charge >= 0.3 is 5.97 Å². The number of H-pyrrole nitrogens is 1. The van der Waals surface area contributed by atoms with Crippen molar-refractivity contribution in [2.45, 2.75) is 44.6 Å². The second-order valence-electron chi connectivity index (χ2n) is 5.19. The molecule has 0 aliphatic heterocycles. The van der Waals surface area contributed by atoms with Gasteiger partial charge in [-0.15, -0.1) is 11.3 Å². The van der Waals surface area contributed by atoms with Crippen molar-refractivity contribution >= 4 is 22.4 Å². The minimum absolute atomic E-state index is 0.0656. The van der Waals surface area contributed by atoms with Gasteiger partial charge in [-0.2, -0.15) is 0 Å². The molecule has 2 unspecified atom stereocenters. The molecule has 2 aromatic rings. The molecule has 21 heavy (non-hydrogen) atoms. The van der Waals surface area contributed by atoms with Crippen LogP contribution in [0.25, 0.3) is 0 Å². The highest BCUT2D eigenvalue weighted by atomic mass is 32.1. The fraction of sp³-hybridized carbons (Fsp3) is 0.500. The van der Waals surface area contributed by atoms with Crippen molar-refractivity contribution in [2.75, 3.05) is 5.32 Å². The standard InChI is InChI=1S/C14H18N4O2S/c1-2-9(12-15-6-7-16-12)17-14-18-11-8(13(19)20)4-3-5-10(11)21-14/h6-9H,2-5H2,1H3,(H,15,16)(H,17,18)(H,19,20). The second kappa shape index (κ2) is 5.85. The fourth-order valence-corrected chi connectivity index (χ4v) is 3.82. The summed E-state index contributed by atoms with van der Waals surface area (Å²) in [6.07, 6.45) is 6.93. The molecular formula is C14H18N4O2S. The summed E-state index contributed by atoms with van der Waals surface area (Å²) in [6, 6.07) is 0.0656. The molecule has 0 fully saturated rings. The van der Waals surface area contributed by atoms with Crippen molar-refractivity contribution in [3.63, 3.8) is 0 Å². The highest BCUT2D eigenvalue weighted by Crippen LogP contribution is 2.37. The Kier molecular flexibility index (Phi) is 3.92. The molecule has 0 saturated carbocycles. The van der Waals surface area contributed by atoms with Gasteiger partial charge < -0.3 is 15.4 Å². The summed E-state index contributed by atoms with van der Waals surface area (Å²) >= 11 is 1.57. The van der Waals surface area contributed by atoms with E-state index in [9.17, 15) is 9.90 Å². The summed E-state index contributed by atoms with van der Waals surface area (Å²) in [6.45, 7) is 2.08. The Hall–Kier alpha value is -1.89. The quantitative estimate of drug-likeness (QED) is 0.790. The number of thiazole rings is 1. The van der Waals surface area contributed by atoms with Gasteiger partial charge in [-0.05, 0) is 25.7 Å². The lowest BCUT2D eigenvalue weighted by Gasteiger charge is -2.16. The van der Waals surface area contributed by atoms with Gasteiger partial charge in [-0.25, -0.2) is 9.97 Å². The zero-order valence-corrected chi connectivity index (χ0v) is 12.6. The minimum atomic E-state index is -0.772. The average molecular weight is 306 g/mol. The van der Waals surface area contributed by atoms with E-state index in [1.165, 1.54) is 0 Å². The first-order valence-corrected chi connectivity index (χ1v) is 7.99. The third-order valence-corrected chi connectivity index (χ3v) is 4.87. The smallest absolute Gasteiger partial charge is 0.312 e. The highest BCUT2D eigenvalue weighted by Gasteiger charge is 2.30. The number of fused-ring (bicyclic) bond motifs is 1. The van der Waals surface area contributed by atoms with E-state index in [0.717, 1.165) is 40.8 Å². The van der Waals surface area contributed by atoms with Gasteiger partial charge in [0.1, 0.15) is 11.7 Å². The lowest BCUT2D eigenvalue weighted by atomic mass is 9.91. The summed E-state index contributed by atoms with van der Waals surface area (Å²) in [7, 11) is 0. The summed E-state index contributed by atoms with van der Waals surface area (Å²) in [4.78, 5) is 24.3. The first-order valence-electron chi connectivity index (χ1n) is 7.17. The summed E-state index contributed by atoms with van der Waals surface area (Å²) < 4.78 is 0. The van der Waals surface area contributed by atoms with Crippen LogP contribution in [0.2, 0.25) is 0 Å². The van der Waals surface area contributed by atoms with E-state index in [1.807, 2.05) is 0 Å². The van der Waals surface area contributed by atoms with E-state index < -0.39 is 11.9 Å². The predicted molar refractivity (Wildman–Crippen MR) is 80.7 cm³/mol. The molecule has 0 radical (unpaired) electrons. The van der Waals surface area contributed by atoms with Crippen molar-refractivity contribution in [2.24, 2.45) is 0 Å². The third kappa shape index (κ3) is 2.78. The van der Waals surface area contributed by atoms with Gasteiger partial charge in [0.25, 0.3) is 0 Å². The van der Waals surface area contributed by atoms with Crippen LogP contribution in [0, 0.1) is 0 Å². The van der Waals surface area contributed by atoms with E-state index in [-0.39, 0.29) is 6.04 Å². The Morgan fingerprint density at radius 3 is 3.19 bits per heavy atom. The number of hydrogen-bond donors (Lipinski definition) is 3. The topological polar surface area (TPSA) is 90.9 Å². The van der Waals surface area contributed by atoms with E-state index >= 15 is 0 Å². The van der Waals surface area contributed by atoms with Crippen molar-refractivity contribution in [3.8, 4) is 0 Å². The Balaban J connectivity index is 1.82. The number of rotatable bonds is 5. The maximum atomic E-state index is 11.3. The molecule has 0 amide bonds. The van der Waals surface area contributed by atoms with Crippen LogP contribution in [0.1, 0.15) is 54.5 Å². The van der Waals surface area contributed by atoms with Crippen LogP contribution >= 0.6 is 11.3 Å². The van der Waals surface area contributed by atoms with E-state index in [4.69, 9.17) is 0 Å². The number of aromatic amines is 1. The number of aryl methyl sites for hydroxylation is 1. The third-order valence-electron chi connectivity index (χ3n) is 3.81. The largest absolute Gasteiger partial charge is 0.481 e. The van der Waals surface area contributed by atoms with Gasteiger partial charge in [-0.3, -0.25) is 4.79 Å². The van der Waals surface area contributed by atoms with Crippen LogP contribution < -0.4 is 5.32 Å². The number of imidazole rings is 1. The number of nitrogens with zero attached hydrogens (tertiary/aromatic N) is 2. The number of carbonyl (C=O) groups is 1. The van der Waals surface area contributed by atoms with E-state index in [1.54, 1.807) is 23.7 Å². The first-order chi connectivity index (χ1) is 10.2. The Morgan fingerprint density at radius 2 is 2.52 bits per heavy atom. The molecule has 0 aromatic carbocycles. The Morgan fingerprint density at radius 1 is 1.67 bits per heavy atom. The van der Waals surface area contributed by atoms with Crippen LogP contribution in [-0.4, -0.2) is 26.0 Å². The molecule has 6 nitrogen and oxygen atoms in total. The summed E-state index contributed by atoms with van der Waals surface area (Å²) in [5.41, 5.74) is 0.746. The minimum Gasteiger partial charge on any atom is -0.481 e.